The van der Waals surface area contributed by atoms with Gasteiger partial charge in [0.1, 0.15) is 5.75 Å². The van der Waals surface area contributed by atoms with Gasteiger partial charge in [-0.05, 0) is 44.6 Å². The van der Waals surface area contributed by atoms with Crippen molar-refractivity contribution in [3.8, 4) is 5.75 Å². The van der Waals surface area contributed by atoms with E-state index >= 15 is 0 Å². The van der Waals surface area contributed by atoms with E-state index in [0.29, 0.717) is 12.2 Å². The molecule has 1 aromatic rings. The van der Waals surface area contributed by atoms with Crippen LogP contribution in [0, 0.1) is 0 Å². The van der Waals surface area contributed by atoms with Crippen molar-refractivity contribution in [3.63, 3.8) is 0 Å². The van der Waals surface area contributed by atoms with Crippen LogP contribution in [0.1, 0.15) is 44.1 Å². The minimum Gasteiger partial charge on any atom is -0.490 e. The van der Waals surface area contributed by atoms with Crippen molar-refractivity contribution in [1.29, 1.82) is 0 Å². The van der Waals surface area contributed by atoms with Crippen LogP contribution in [-0.4, -0.2) is 37.3 Å². The van der Waals surface area contributed by atoms with E-state index in [4.69, 9.17) is 9.47 Å². The van der Waals surface area contributed by atoms with Gasteiger partial charge in [-0.2, -0.15) is 0 Å². The molecule has 0 bridgehead atoms. The van der Waals surface area contributed by atoms with Crippen molar-refractivity contribution in [2.24, 2.45) is 0 Å². The highest BCUT2D eigenvalue weighted by Crippen LogP contribution is 2.28. The van der Waals surface area contributed by atoms with Gasteiger partial charge in [0.2, 0.25) is 0 Å². The maximum atomic E-state index is 6.24. The van der Waals surface area contributed by atoms with Crippen molar-refractivity contribution >= 4 is 0 Å². The van der Waals surface area contributed by atoms with Gasteiger partial charge in [0, 0.05) is 32.3 Å². The van der Waals surface area contributed by atoms with E-state index in [9.17, 15) is 0 Å². The predicted molar refractivity (Wildman–Crippen MR) is 84.6 cm³/mol. The van der Waals surface area contributed by atoms with E-state index in [0.717, 1.165) is 38.2 Å². The first kappa shape index (κ1) is 14.9. The first-order valence-corrected chi connectivity index (χ1v) is 8.35. The smallest absolute Gasteiger partial charge is 0.124 e. The lowest BCUT2D eigenvalue weighted by Crippen LogP contribution is -2.36. The normalized spacial score (nSPS) is 21.8. The lowest BCUT2D eigenvalue weighted by Gasteiger charge is -2.31. The Morgan fingerprint density at radius 1 is 1.00 bits per heavy atom. The Balaban J connectivity index is 1.59. The average Bonchev–Trinajstić information content (AvgIpc) is 3.03. The number of nitrogens with zero attached hydrogens (tertiary/aromatic N) is 1. The molecule has 0 unspecified atom stereocenters. The third-order valence-electron chi connectivity index (χ3n) is 4.83. The topological polar surface area (TPSA) is 21.7 Å². The highest BCUT2D eigenvalue weighted by molar-refractivity contribution is 5.33. The Morgan fingerprint density at radius 2 is 1.71 bits per heavy atom. The molecule has 1 aliphatic heterocycles. The number of benzene rings is 1. The molecule has 3 nitrogen and oxygen atoms in total. The minimum absolute atomic E-state index is 0.436. The van der Waals surface area contributed by atoms with Crippen molar-refractivity contribution in [2.75, 3.05) is 20.2 Å². The molecule has 0 atom stereocenters. The van der Waals surface area contributed by atoms with Gasteiger partial charge in [-0.3, -0.25) is 4.90 Å². The zero-order chi connectivity index (χ0) is 14.5. The summed E-state index contributed by atoms with van der Waals surface area (Å²) in [5.41, 5.74) is 1.33. The van der Waals surface area contributed by atoms with Crippen LogP contribution >= 0.6 is 0 Å². The fourth-order valence-corrected chi connectivity index (χ4v) is 3.48. The molecule has 0 aromatic heterocycles. The highest BCUT2D eigenvalue weighted by atomic mass is 16.5. The van der Waals surface area contributed by atoms with E-state index in [1.807, 2.05) is 7.11 Å². The SMILES string of the molecule is COC1CCN(Cc2ccccc2OC2CCCC2)CC1. The van der Waals surface area contributed by atoms with Gasteiger partial charge in [0.25, 0.3) is 0 Å². The van der Waals surface area contributed by atoms with Crippen molar-refractivity contribution < 1.29 is 9.47 Å². The van der Waals surface area contributed by atoms with Crippen LogP contribution in [0.5, 0.6) is 5.75 Å². The lowest BCUT2D eigenvalue weighted by molar-refractivity contribution is 0.0385. The third kappa shape index (κ3) is 3.98. The Kier molecular flexibility index (Phi) is 5.15. The van der Waals surface area contributed by atoms with Gasteiger partial charge < -0.3 is 9.47 Å². The van der Waals surface area contributed by atoms with Crippen LogP contribution in [-0.2, 0) is 11.3 Å². The summed E-state index contributed by atoms with van der Waals surface area (Å²) in [6, 6.07) is 8.56. The van der Waals surface area contributed by atoms with Crippen LogP contribution in [0.15, 0.2) is 24.3 Å². The number of hydrogen-bond donors (Lipinski definition) is 0. The number of para-hydroxylation sites is 1. The Morgan fingerprint density at radius 3 is 2.43 bits per heavy atom. The van der Waals surface area contributed by atoms with E-state index in [1.165, 1.54) is 31.2 Å². The molecule has 1 aromatic carbocycles. The third-order valence-corrected chi connectivity index (χ3v) is 4.83. The summed E-state index contributed by atoms with van der Waals surface area (Å²) in [4.78, 5) is 2.52. The molecule has 1 heterocycles. The molecular formula is C18H27NO2. The Hall–Kier alpha value is -1.06. The van der Waals surface area contributed by atoms with E-state index in [1.54, 1.807) is 0 Å². The molecule has 0 radical (unpaired) electrons. The number of ether oxygens (including phenoxy) is 2. The van der Waals surface area contributed by atoms with Crippen LogP contribution in [0.2, 0.25) is 0 Å². The highest BCUT2D eigenvalue weighted by Gasteiger charge is 2.21. The van der Waals surface area contributed by atoms with Crippen molar-refractivity contribution in [2.45, 2.75) is 57.3 Å². The lowest BCUT2D eigenvalue weighted by atomic mass is 10.1. The molecule has 116 valence electrons. The van der Waals surface area contributed by atoms with Gasteiger partial charge >= 0.3 is 0 Å². The van der Waals surface area contributed by atoms with E-state index < -0.39 is 0 Å². The molecule has 1 aliphatic carbocycles. The summed E-state index contributed by atoms with van der Waals surface area (Å²) in [7, 11) is 1.82. The monoisotopic (exact) mass is 289 g/mol. The first-order chi connectivity index (χ1) is 10.3. The molecule has 0 amide bonds. The fourth-order valence-electron chi connectivity index (χ4n) is 3.48. The number of rotatable bonds is 5. The van der Waals surface area contributed by atoms with Gasteiger partial charge in [0.05, 0.1) is 12.2 Å². The van der Waals surface area contributed by atoms with Crippen LogP contribution in [0.4, 0.5) is 0 Å². The van der Waals surface area contributed by atoms with Crippen LogP contribution < -0.4 is 4.74 Å². The molecule has 0 N–H and O–H groups in total. The average molecular weight is 289 g/mol. The first-order valence-electron chi connectivity index (χ1n) is 8.35. The standard InChI is InChI=1S/C18H27NO2/c1-20-16-10-12-19(13-11-16)14-15-6-2-5-9-18(15)21-17-7-3-4-8-17/h2,5-6,9,16-17H,3-4,7-8,10-14H2,1H3. The number of methoxy groups -OCH3 is 1. The second-order valence-corrected chi connectivity index (χ2v) is 6.34. The summed E-state index contributed by atoms with van der Waals surface area (Å²) < 4.78 is 11.7. The number of piperidine rings is 1. The molecule has 2 fully saturated rings. The second kappa shape index (κ2) is 7.28. The number of hydrogen-bond acceptors (Lipinski definition) is 3. The molecular weight excluding hydrogens is 262 g/mol. The summed E-state index contributed by atoms with van der Waals surface area (Å²) in [6.45, 7) is 3.24. The zero-order valence-corrected chi connectivity index (χ0v) is 13.1. The minimum atomic E-state index is 0.436. The van der Waals surface area contributed by atoms with Crippen LogP contribution in [0.25, 0.3) is 0 Å². The molecule has 2 aliphatic rings. The van der Waals surface area contributed by atoms with Crippen molar-refractivity contribution in [1.82, 2.24) is 4.90 Å². The number of likely N-dealkylation sites (tertiary alicyclic amines) is 1. The van der Waals surface area contributed by atoms with Crippen molar-refractivity contribution in [3.05, 3.63) is 29.8 Å². The molecule has 1 saturated heterocycles. The Labute approximate surface area is 128 Å². The van der Waals surface area contributed by atoms with Gasteiger partial charge in [0.15, 0.2) is 0 Å². The molecule has 1 saturated carbocycles. The molecule has 21 heavy (non-hydrogen) atoms. The summed E-state index contributed by atoms with van der Waals surface area (Å²) in [6.07, 6.45) is 8.23. The summed E-state index contributed by atoms with van der Waals surface area (Å²) in [5.74, 6) is 1.10. The Bertz CT molecular complexity index is 435. The molecule has 3 rings (SSSR count). The molecule has 0 spiro atoms. The van der Waals surface area contributed by atoms with E-state index in [-0.39, 0.29) is 0 Å². The van der Waals surface area contributed by atoms with Gasteiger partial charge in [-0.25, -0.2) is 0 Å². The fraction of sp³-hybridized carbons (Fsp3) is 0.667. The predicted octanol–water partition coefficient (Wildman–Crippen LogP) is 3.62. The maximum Gasteiger partial charge on any atom is 0.124 e. The molecule has 3 heteroatoms. The summed E-state index contributed by atoms with van der Waals surface area (Å²) >= 11 is 0. The van der Waals surface area contributed by atoms with Gasteiger partial charge in [-0.1, -0.05) is 18.2 Å². The van der Waals surface area contributed by atoms with E-state index in [2.05, 4.69) is 29.2 Å². The quantitative estimate of drug-likeness (QED) is 0.826. The zero-order valence-electron chi connectivity index (χ0n) is 13.1. The van der Waals surface area contributed by atoms with Gasteiger partial charge in [-0.15, -0.1) is 0 Å². The largest absolute Gasteiger partial charge is 0.490 e. The second-order valence-electron chi connectivity index (χ2n) is 6.34. The maximum absolute atomic E-state index is 6.24. The van der Waals surface area contributed by atoms with Crippen LogP contribution in [0.3, 0.4) is 0 Å². The summed E-state index contributed by atoms with van der Waals surface area (Å²) in [5, 5.41) is 0.